The lowest BCUT2D eigenvalue weighted by atomic mass is 10.3. The van der Waals surface area contributed by atoms with Crippen LogP contribution >= 0.6 is 23.2 Å². The van der Waals surface area contributed by atoms with Crippen molar-refractivity contribution in [3.8, 4) is 17.2 Å². The summed E-state index contributed by atoms with van der Waals surface area (Å²) in [5.74, 6) is -3.68. The first-order valence-electron chi connectivity index (χ1n) is 5.68. The SMILES string of the molecule is COc1ccc(Oc2c(Cl)c(F)nc(F)c2Cl)cc1S(=O)(=O)O. The van der Waals surface area contributed by atoms with Crippen LogP contribution in [0.4, 0.5) is 8.78 Å². The van der Waals surface area contributed by atoms with Crippen LogP contribution in [0.2, 0.25) is 10.0 Å². The maximum atomic E-state index is 13.3. The quantitative estimate of drug-likeness (QED) is 0.637. The lowest BCUT2D eigenvalue weighted by molar-refractivity contribution is 0.394. The van der Waals surface area contributed by atoms with Gasteiger partial charge in [0.2, 0.25) is 11.9 Å². The molecular formula is C12H7Cl2F2NO5S. The van der Waals surface area contributed by atoms with E-state index in [-0.39, 0.29) is 11.5 Å². The zero-order chi connectivity index (χ0) is 17.4. The Labute approximate surface area is 139 Å². The summed E-state index contributed by atoms with van der Waals surface area (Å²) in [5.41, 5.74) is 0. The minimum atomic E-state index is -4.63. The average Bonchev–Trinajstić information content (AvgIpc) is 2.48. The summed E-state index contributed by atoms with van der Waals surface area (Å²) in [7, 11) is -3.44. The van der Waals surface area contributed by atoms with Crippen LogP contribution in [0.3, 0.4) is 0 Å². The zero-order valence-corrected chi connectivity index (χ0v) is 13.5. The van der Waals surface area contributed by atoms with E-state index in [1.807, 2.05) is 0 Å². The summed E-state index contributed by atoms with van der Waals surface area (Å²) in [6, 6.07) is 3.25. The smallest absolute Gasteiger partial charge is 0.298 e. The van der Waals surface area contributed by atoms with Gasteiger partial charge in [-0.25, -0.2) is 0 Å². The molecule has 0 fully saturated rings. The second-order valence-electron chi connectivity index (χ2n) is 4.04. The number of hydrogen-bond donors (Lipinski definition) is 1. The average molecular weight is 386 g/mol. The second kappa shape index (κ2) is 6.44. The van der Waals surface area contributed by atoms with Gasteiger partial charge in [-0.3, -0.25) is 4.55 Å². The molecule has 1 aromatic carbocycles. The standard InChI is InChI=1S/C12H7Cl2F2NO5S/c1-21-6-3-2-5(4-7(6)23(18,19)20)22-10-8(13)11(15)17-12(16)9(10)14/h2-4H,1H3,(H,18,19,20). The van der Waals surface area contributed by atoms with Crippen molar-refractivity contribution in [3.05, 3.63) is 40.1 Å². The van der Waals surface area contributed by atoms with E-state index in [2.05, 4.69) is 4.98 Å². The molecule has 0 radical (unpaired) electrons. The minimum absolute atomic E-state index is 0.163. The van der Waals surface area contributed by atoms with Gasteiger partial charge in [0.25, 0.3) is 10.1 Å². The number of rotatable bonds is 4. The van der Waals surface area contributed by atoms with Gasteiger partial charge in [-0.15, -0.1) is 0 Å². The van der Waals surface area contributed by atoms with Gasteiger partial charge in [0.15, 0.2) is 5.75 Å². The molecule has 0 saturated heterocycles. The molecule has 0 aliphatic carbocycles. The summed E-state index contributed by atoms with van der Waals surface area (Å²) in [6.45, 7) is 0. The third-order valence-electron chi connectivity index (χ3n) is 2.59. The van der Waals surface area contributed by atoms with Crippen molar-refractivity contribution in [1.29, 1.82) is 0 Å². The highest BCUT2D eigenvalue weighted by Crippen LogP contribution is 2.39. The highest BCUT2D eigenvalue weighted by Gasteiger charge is 2.22. The number of benzene rings is 1. The molecule has 2 aromatic rings. The summed E-state index contributed by atoms with van der Waals surface area (Å²) >= 11 is 11.2. The number of nitrogens with zero attached hydrogens (tertiary/aromatic N) is 1. The van der Waals surface area contributed by atoms with E-state index in [1.54, 1.807) is 0 Å². The predicted molar refractivity (Wildman–Crippen MR) is 77.1 cm³/mol. The molecule has 0 atom stereocenters. The van der Waals surface area contributed by atoms with Gasteiger partial charge in [-0.2, -0.15) is 22.2 Å². The number of ether oxygens (including phenoxy) is 2. The largest absolute Gasteiger partial charge is 0.495 e. The fourth-order valence-electron chi connectivity index (χ4n) is 1.60. The summed E-state index contributed by atoms with van der Waals surface area (Å²) in [6.07, 6.45) is 0. The van der Waals surface area contributed by atoms with E-state index in [0.29, 0.717) is 0 Å². The van der Waals surface area contributed by atoms with Crippen molar-refractivity contribution >= 4 is 33.3 Å². The van der Waals surface area contributed by atoms with Crippen molar-refractivity contribution < 1.29 is 31.2 Å². The molecule has 0 bridgehead atoms. The van der Waals surface area contributed by atoms with Gasteiger partial charge in [0.1, 0.15) is 26.4 Å². The molecule has 11 heteroatoms. The molecule has 6 nitrogen and oxygen atoms in total. The molecule has 1 N–H and O–H groups in total. The summed E-state index contributed by atoms with van der Waals surface area (Å²) < 4.78 is 68.3. The van der Waals surface area contributed by atoms with Crippen molar-refractivity contribution in [2.45, 2.75) is 4.90 Å². The van der Waals surface area contributed by atoms with Crippen molar-refractivity contribution in [3.63, 3.8) is 0 Å². The molecule has 0 saturated carbocycles. The lowest BCUT2D eigenvalue weighted by Crippen LogP contribution is -2.02. The van der Waals surface area contributed by atoms with Crippen molar-refractivity contribution in [1.82, 2.24) is 4.98 Å². The van der Waals surface area contributed by atoms with E-state index < -0.39 is 42.7 Å². The summed E-state index contributed by atoms with van der Waals surface area (Å²) in [4.78, 5) is 2.21. The van der Waals surface area contributed by atoms with E-state index in [9.17, 15) is 17.2 Å². The molecule has 0 aliphatic heterocycles. The molecule has 23 heavy (non-hydrogen) atoms. The molecule has 1 aromatic heterocycles. The monoisotopic (exact) mass is 385 g/mol. The maximum absolute atomic E-state index is 13.3. The lowest BCUT2D eigenvalue weighted by Gasteiger charge is -2.12. The minimum Gasteiger partial charge on any atom is -0.495 e. The highest BCUT2D eigenvalue weighted by molar-refractivity contribution is 7.86. The maximum Gasteiger partial charge on any atom is 0.298 e. The molecule has 0 unspecified atom stereocenters. The van der Waals surface area contributed by atoms with E-state index in [1.165, 1.54) is 13.2 Å². The Morgan fingerprint density at radius 2 is 1.74 bits per heavy atom. The Morgan fingerprint density at radius 3 is 2.22 bits per heavy atom. The molecule has 0 aliphatic rings. The molecule has 0 amide bonds. The van der Waals surface area contributed by atoms with E-state index in [0.717, 1.165) is 12.1 Å². The van der Waals surface area contributed by atoms with Crippen LogP contribution in [-0.2, 0) is 10.1 Å². The van der Waals surface area contributed by atoms with Crippen LogP contribution in [0.25, 0.3) is 0 Å². The van der Waals surface area contributed by atoms with Gasteiger partial charge >= 0.3 is 0 Å². The topological polar surface area (TPSA) is 85.7 Å². The Balaban J connectivity index is 2.55. The Bertz CT molecular complexity index is 850. The van der Waals surface area contributed by atoms with Crippen molar-refractivity contribution in [2.24, 2.45) is 0 Å². The number of hydrogen-bond acceptors (Lipinski definition) is 5. The van der Waals surface area contributed by atoms with Gasteiger partial charge in [-0.1, -0.05) is 23.2 Å². The third-order valence-corrected chi connectivity index (χ3v) is 4.12. The molecule has 2 rings (SSSR count). The van der Waals surface area contributed by atoms with Crippen LogP contribution in [-0.4, -0.2) is 25.1 Å². The fourth-order valence-corrected chi connectivity index (χ4v) is 2.67. The number of methoxy groups -OCH3 is 1. The van der Waals surface area contributed by atoms with Gasteiger partial charge in [0, 0.05) is 6.07 Å². The zero-order valence-electron chi connectivity index (χ0n) is 11.2. The van der Waals surface area contributed by atoms with Crippen molar-refractivity contribution in [2.75, 3.05) is 7.11 Å². The third kappa shape index (κ3) is 3.63. The number of halogens is 4. The van der Waals surface area contributed by atoms with Crippen LogP contribution in [0.15, 0.2) is 23.1 Å². The number of pyridine rings is 1. The highest BCUT2D eigenvalue weighted by atomic mass is 35.5. The van der Waals surface area contributed by atoms with Crippen LogP contribution in [0.5, 0.6) is 17.2 Å². The van der Waals surface area contributed by atoms with Crippen LogP contribution in [0, 0.1) is 11.9 Å². The van der Waals surface area contributed by atoms with E-state index in [4.69, 9.17) is 37.2 Å². The Kier molecular flexibility index (Phi) is 4.95. The first-order chi connectivity index (χ1) is 10.6. The van der Waals surface area contributed by atoms with Gasteiger partial charge in [0.05, 0.1) is 7.11 Å². The number of aromatic nitrogens is 1. The molecular weight excluding hydrogens is 379 g/mol. The van der Waals surface area contributed by atoms with E-state index >= 15 is 0 Å². The van der Waals surface area contributed by atoms with Crippen LogP contribution < -0.4 is 9.47 Å². The first kappa shape index (κ1) is 17.7. The first-order valence-corrected chi connectivity index (χ1v) is 7.88. The normalized spacial score (nSPS) is 11.4. The Morgan fingerprint density at radius 1 is 1.17 bits per heavy atom. The van der Waals surface area contributed by atoms with Crippen LogP contribution in [0.1, 0.15) is 0 Å². The molecule has 124 valence electrons. The van der Waals surface area contributed by atoms with Gasteiger partial charge in [-0.05, 0) is 12.1 Å². The second-order valence-corrected chi connectivity index (χ2v) is 6.19. The molecule has 0 spiro atoms. The fraction of sp³-hybridized carbons (Fsp3) is 0.0833. The summed E-state index contributed by atoms with van der Waals surface area (Å²) in [5, 5.41) is -1.39. The Hall–Kier alpha value is -1.68. The predicted octanol–water partition coefficient (Wildman–Crippen LogP) is 3.71. The molecule has 1 heterocycles. The van der Waals surface area contributed by atoms with Gasteiger partial charge < -0.3 is 9.47 Å².